The summed E-state index contributed by atoms with van der Waals surface area (Å²) in [5, 5.41) is 5.96. The van der Waals surface area contributed by atoms with Gasteiger partial charge in [0.05, 0.1) is 22.5 Å². The van der Waals surface area contributed by atoms with E-state index >= 15 is 0 Å². The molecule has 0 aromatic heterocycles. The Kier molecular flexibility index (Phi) is 7.63. The minimum absolute atomic E-state index is 0.358. The van der Waals surface area contributed by atoms with Gasteiger partial charge < -0.3 is 10.6 Å². The number of carbonyl (C=O) groups excluding carboxylic acids is 2. The Bertz CT molecular complexity index is 1020. The molecule has 34 heavy (non-hydrogen) atoms. The normalized spacial score (nSPS) is 11.2. The van der Waals surface area contributed by atoms with Crippen LogP contribution in [-0.4, -0.2) is 12.1 Å². The Morgan fingerprint density at radius 1 is 0.559 bits per heavy atom. The second-order valence-corrected chi connectivity index (χ2v) is 8.97. The summed E-state index contributed by atoms with van der Waals surface area (Å²) < 4.78 is 0. The van der Waals surface area contributed by atoms with E-state index in [0.29, 0.717) is 0 Å². The monoisotopic (exact) mass is 460 g/mol. The zero-order valence-electron chi connectivity index (χ0n) is 19.9. The molecular weight excluding hydrogens is 428 g/mol. The lowest BCUT2D eigenvalue weighted by molar-refractivity contribution is 0.232. The maximum atomic E-state index is 12.5. The molecule has 6 N–H and O–H groups in total. The molecule has 178 valence electrons. The fraction of sp³-hybridized carbons (Fsp3) is 0.231. The van der Waals surface area contributed by atoms with E-state index in [9.17, 15) is 9.59 Å². The van der Waals surface area contributed by atoms with E-state index in [1.165, 1.54) is 0 Å². The third-order valence-corrected chi connectivity index (χ3v) is 5.35. The molecule has 0 unspecified atom stereocenters. The lowest BCUT2D eigenvalue weighted by atomic mass is 9.87. The Morgan fingerprint density at radius 2 is 0.941 bits per heavy atom. The molecule has 0 heterocycles. The number of hydrogen-bond acceptors (Lipinski definition) is 4. The van der Waals surface area contributed by atoms with E-state index in [1.807, 2.05) is 113 Å². The molecule has 0 atom stereocenters. The zero-order valence-corrected chi connectivity index (χ0v) is 19.9. The van der Waals surface area contributed by atoms with Gasteiger partial charge in [0.1, 0.15) is 0 Å². The van der Waals surface area contributed by atoms with Gasteiger partial charge in [-0.2, -0.15) is 0 Å². The third-order valence-electron chi connectivity index (χ3n) is 5.35. The number of benzene rings is 3. The van der Waals surface area contributed by atoms with Crippen LogP contribution in [0.1, 0.15) is 38.8 Å². The Balaban J connectivity index is 1.61. The van der Waals surface area contributed by atoms with Gasteiger partial charge in [-0.05, 0) is 63.1 Å². The van der Waals surface area contributed by atoms with Gasteiger partial charge in [0.2, 0.25) is 0 Å². The summed E-state index contributed by atoms with van der Waals surface area (Å²) in [7, 11) is 0. The fourth-order valence-electron chi connectivity index (χ4n) is 3.37. The van der Waals surface area contributed by atoms with Crippen molar-refractivity contribution in [1.82, 2.24) is 21.5 Å². The number of urea groups is 2. The summed E-state index contributed by atoms with van der Waals surface area (Å²) in [6.45, 7) is 7.69. The summed E-state index contributed by atoms with van der Waals surface area (Å²) in [5.41, 5.74) is 13.1. The molecule has 0 aliphatic heterocycles. The molecule has 4 amide bonds. The van der Waals surface area contributed by atoms with Crippen molar-refractivity contribution in [1.29, 1.82) is 0 Å². The van der Waals surface area contributed by atoms with Crippen LogP contribution in [-0.2, 0) is 11.1 Å². The maximum Gasteiger partial charge on any atom is 0.334 e. The average Bonchev–Trinajstić information content (AvgIpc) is 2.82. The van der Waals surface area contributed by atoms with Crippen molar-refractivity contribution in [2.24, 2.45) is 0 Å². The fourth-order valence-corrected chi connectivity index (χ4v) is 3.37. The van der Waals surface area contributed by atoms with Gasteiger partial charge >= 0.3 is 12.1 Å². The van der Waals surface area contributed by atoms with Crippen LogP contribution >= 0.6 is 0 Å². The molecular formula is C26H32N6O2. The summed E-state index contributed by atoms with van der Waals surface area (Å²) in [6, 6.07) is 25.8. The molecule has 0 bridgehead atoms. The first-order chi connectivity index (χ1) is 16.2. The predicted molar refractivity (Wildman–Crippen MR) is 136 cm³/mol. The van der Waals surface area contributed by atoms with Crippen molar-refractivity contribution >= 4 is 23.4 Å². The molecule has 0 spiro atoms. The highest BCUT2D eigenvalue weighted by Crippen LogP contribution is 2.26. The van der Waals surface area contributed by atoms with Crippen molar-refractivity contribution in [3.63, 3.8) is 0 Å². The summed E-state index contributed by atoms with van der Waals surface area (Å²) >= 11 is 0. The molecule has 0 aliphatic rings. The van der Waals surface area contributed by atoms with E-state index in [-0.39, 0.29) is 12.1 Å². The first-order valence-electron chi connectivity index (χ1n) is 11.1. The van der Waals surface area contributed by atoms with Crippen LogP contribution in [0.2, 0.25) is 0 Å². The molecule has 0 saturated carbocycles. The highest BCUT2D eigenvalue weighted by molar-refractivity contribution is 5.77. The smallest absolute Gasteiger partial charge is 0.328 e. The van der Waals surface area contributed by atoms with Crippen LogP contribution in [0.15, 0.2) is 84.9 Å². The number of carbonyl (C=O) groups is 2. The van der Waals surface area contributed by atoms with Gasteiger partial charge in [-0.1, -0.05) is 60.7 Å². The standard InChI is InChI=1S/C26H32N6O2/c1-25(2,27-23(33)31-29-21-14-7-5-8-15-21)19-12-11-13-20(18-19)26(3,4)28-24(34)32-30-22-16-9-6-10-17-22/h5-18,29-30H,1-4H3,(H2,27,31,33)(H2,28,32,34). The van der Waals surface area contributed by atoms with E-state index in [2.05, 4.69) is 32.3 Å². The molecule has 8 nitrogen and oxygen atoms in total. The summed E-state index contributed by atoms with van der Waals surface area (Å²) in [4.78, 5) is 24.9. The second kappa shape index (κ2) is 10.6. The molecule has 0 fully saturated rings. The second-order valence-electron chi connectivity index (χ2n) is 8.97. The van der Waals surface area contributed by atoms with Crippen molar-refractivity contribution < 1.29 is 9.59 Å². The molecule has 3 aromatic carbocycles. The number of anilines is 2. The first-order valence-corrected chi connectivity index (χ1v) is 11.1. The maximum absolute atomic E-state index is 12.5. The Morgan fingerprint density at radius 3 is 1.32 bits per heavy atom. The zero-order chi connectivity index (χ0) is 24.6. The van der Waals surface area contributed by atoms with Gasteiger partial charge in [0, 0.05) is 0 Å². The number of hydrogen-bond donors (Lipinski definition) is 6. The number of amides is 4. The van der Waals surface area contributed by atoms with Crippen LogP contribution in [0.25, 0.3) is 0 Å². The van der Waals surface area contributed by atoms with E-state index in [1.54, 1.807) is 0 Å². The molecule has 0 aliphatic carbocycles. The predicted octanol–water partition coefficient (Wildman–Crippen LogP) is 4.81. The summed E-state index contributed by atoms with van der Waals surface area (Å²) in [6.07, 6.45) is 0. The van der Waals surface area contributed by atoms with Gasteiger partial charge in [-0.3, -0.25) is 21.7 Å². The lowest BCUT2D eigenvalue weighted by Crippen LogP contribution is -2.49. The van der Waals surface area contributed by atoms with Gasteiger partial charge in [-0.15, -0.1) is 0 Å². The minimum atomic E-state index is -0.661. The van der Waals surface area contributed by atoms with E-state index in [0.717, 1.165) is 22.5 Å². The molecule has 3 rings (SSSR count). The number of para-hydroxylation sites is 2. The largest absolute Gasteiger partial charge is 0.334 e. The SMILES string of the molecule is CC(C)(NC(=O)NNc1ccccc1)c1cccc(C(C)(C)NC(=O)NNc2ccccc2)c1. The molecule has 8 heteroatoms. The molecule has 3 aromatic rings. The Labute approximate surface area is 200 Å². The summed E-state index contributed by atoms with van der Waals surface area (Å²) in [5.74, 6) is 0. The minimum Gasteiger partial charge on any atom is -0.328 e. The van der Waals surface area contributed by atoms with Crippen molar-refractivity contribution in [2.75, 3.05) is 10.9 Å². The topological polar surface area (TPSA) is 106 Å². The first kappa shape index (κ1) is 24.4. The van der Waals surface area contributed by atoms with Crippen molar-refractivity contribution in [3.8, 4) is 0 Å². The van der Waals surface area contributed by atoms with Gasteiger partial charge in [-0.25, -0.2) is 9.59 Å². The lowest BCUT2D eigenvalue weighted by Gasteiger charge is -2.31. The van der Waals surface area contributed by atoms with Gasteiger partial charge in [0.25, 0.3) is 0 Å². The average molecular weight is 461 g/mol. The number of rotatable bonds is 8. The van der Waals surface area contributed by atoms with Crippen LogP contribution in [0, 0.1) is 0 Å². The highest BCUT2D eigenvalue weighted by Gasteiger charge is 2.27. The van der Waals surface area contributed by atoms with Crippen LogP contribution < -0.4 is 32.3 Å². The number of hydrazine groups is 2. The van der Waals surface area contributed by atoms with Crippen molar-refractivity contribution in [3.05, 3.63) is 96.1 Å². The van der Waals surface area contributed by atoms with Crippen LogP contribution in [0.3, 0.4) is 0 Å². The van der Waals surface area contributed by atoms with Crippen LogP contribution in [0.5, 0.6) is 0 Å². The number of nitrogens with one attached hydrogen (secondary N) is 6. The van der Waals surface area contributed by atoms with E-state index in [4.69, 9.17) is 0 Å². The quantitative estimate of drug-likeness (QED) is 0.271. The Hall–Kier alpha value is -4.20. The molecule has 0 saturated heterocycles. The van der Waals surface area contributed by atoms with Crippen molar-refractivity contribution in [2.45, 2.75) is 38.8 Å². The highest BCUT2D eigenvalue weighted by atomic mass is 16.2. The third kappa shape index (κ3) is 6.90. The molecule has 0 radical (unpaired) electrons. The van der Waals surface area contributed by atoms with E-state index < -0.39 is 11.1 Å². The van der Waals surface area contributed by atoms with Gasteiger partial charge in [0.15, 0.2) is 0 Å². The van der Waals surface area contributed by atoms with Crippen LogP contribution in [0.4, 0.5) is 21.0 Å².